The first kappa shape index (κ1) is 18.1. The van der Waals surface area contributed by atoms with E-state index in [0.29, 0.717) is 17.9 Å². The Hall–Kier alpha value is -1.30. The third-order valence-electron chi connectivity index (χ3n) is 5.35. The summed E-state index contributed by atoms with van der Waals surface area (Å²) in [4.78, 5) is 0.134. The van der Waals surface area contributed by atoms with E-state index in [2.05, 4.69) is 0 Å². The van der Waals surface area contributed by atoms with Gasteiger partial charge in [-0.25, -0.2) is 12.8 Å². The lowest BCUT2D eigenvalue weighted by molar-refractivity contribution is 0.144. The minimum Gasteiger partial charge on any atom is -0.488 e. The molecule has 1 heterocycles. The van der Waals surface area contributed by atoms with Gasteiger partial charge in [0.2, 0.25) is 0 Å². The molecule has 7 heteroatoms. The highest BCUT2D eigenvalue weighted by Gasteiger charge is 2.54. The van der Waals surface area contributed by atoms with Gasteiger partial charge in [0, 0.05) is 11.4 Å². The van der Waals surface area contributed by atoms with E-state index in [0.717, 1.165) is 12.8 Å². The van der Waals surface area contributed by atoms with E-state index in [1.807, 2.05) is 0 Å². The van der Waals surface area contributed by atoms with Crippen molar-refractivity contribution in [2.24, 2.45) is 0 Å². The zero-order chi connectivity index (χ0) is 18.5. The number of halogens is 3. The smallest absolute Gasteiger partial charge is 0.188 e. The van der Waals surface area contributed by atoms with Gasteiger partial charge in [0.15, 0.2) is 9.84 Å². The molecule has 0 aromatic heterocycles. The SMILES string of the molecule is O=S(=O)(c1ccc(Cl)cc1)[C@]12CCCC[C@H](C1)Oc1c(Cl)ccc(F)c12. The number of rotatable bonds is 2. The number of hydrogen-bond donors (Lipinski definition) is 0. The summed E-state index contributed by atoms with van der Waals surface area (Å²) in [6, 6.07) is 8.65. The van der Waals surface area contributed by atoms with Crippen molar-refractivity contribution < 1.29 is 17.5 Å². The predicted octanol–water partition coefficient (Wildman–Crippen LogP) is 5.53. The molecule has 1 fully saturated rings. The van der Waals surface area contributed by atoms with Crippen molar-refractivity contribution in [2.45, 2.75) is 47.9 Å². The monoisotopic (exact) mass is 414 g/mol. The number of hydrogen-bond acceptors (Lipinski definition) is 3. The Morgan fingerprint density at radius 3 is 2.54 bits per heavy atom. The quantitative estimate of drug-likeness (QED) is 0.648. The predicted molar refractivity (Wildman–Crippen MR) is 99.2 cm³/mol. The van der Waals surface area contributed by atoms with E-state index in [4.69, 9.17) is 27.9 Å². The van der Waals surface area contributed by atoms with Crippen LogP contribution in [0.4, 0.5) is 4.39 Å². The van der Waals surface area contributed by atoms with E-state index < -0.39 is 20.4 Å². The number of ether oxygens (including phenoxy) is 1. The molecule has 2 aromatic rings. The van der Waals surface area contributed by atoms with E-state index in [-0.39, 0.29) is 33.8 Å². The minimum atomic E-state index is -3.89. The zero-order valence-electron chi connectivity index (χ0n) is 13.8. The molecular weight excluding hydrogens is 398 g/mol. The first-order chi connectivity index (χ1) is 12.3. The highest BCUT2D eigenvalue weighted by atomic mass is 35.5. The molecule has 0 unspecified atom stereocenters. The molecule has 0 spiro atoms. The molecule has 0 N–H and O–H groups in total. The van der Waals surface area contributed by atoms with Crippen molar-refractivity contribution in [3.05, 3.63) is 57.8 Å². The standard InChI is InChI=1S/C19H17Cl2FO3S/c20-12-4-6-14(7-5-12)26(23,24)19-10-2-1-3-13(11-19)25-18-15(21)8-9-16(22)17(18)19/h4-9,13H,1-3,10-11H2/t13-,19-/m1/s1. The Bertz CT molecular complexity index is 959. The average molecular weight is 415 g/mol. The van der Waals surface area contributed by atoms with E-state index in [1.165, 1.54) is 36.4 Å². The first-order valence-electron chi connectivity index (χ1n) is 8.50. The van der Waals surface area contributed by atoms with Crippen molar-refractivity contribution in [3.63, 3.8) is 0 Å². The molecule has 26 heavy (non-hydrogen) atoms. The van der Waals surface area contributed by atoms with Gasteiger partial charge in [0.25, 0.3) is 0 Å². The second kappa shape index (κ2) is 6.39. The topological polar surface area (TPSA) is 43.4 Å². The summed E-state index contributed by atoms with van der Waals surface area (Å²) in [5.41, 5.74) is 0.0677. The molecule has 2 bridgehead atoms. The molecule has 0 radical (unpaired) electrons. The maximum atomic E-state index is 14.9. The fraction of sp³-hybridized carbons (Fsp3) is 0.368. The number of sulfone groups is 1. The minimum absolute atomic E-state index is 0.0677. The summed E-state index contributed by atoms with van der Waals surface area (Å²) in [5.74, 6) is -0.426. The van der Waals surface area contributed by atoms with Gasteiger partial charge in [-0.15, -0.1) is 0 Å². The largest absolute Gasteiger partial charge is 0.488 e. The van der Waals surface area contributed by atoms with Gasteiger partial charge in [0.1, 0.15) is 22.4 Å². The molecule has 2 aliphatic rings. The van der Waals surface area contributed by atoms with Crippen LogP contribution in [0.15, 0.2) is 41.3 Å². The van der Waals surface area contributed by atoms with Gasteiger partial charge in [-0.1, -0.05) is 29.6 Å². The van der Waals surface area contributed by atoms with Gasteiger partial charge < -0.3 is 4.74 Å². The maximum Gasteiger partial charge on any atom is 0.188 e. The fourth-order valence-corrected chi connectivity index (χ4v) is 6.69. The van der Waals surface area contributed by atoms with Crippen LogP contribution in [-0.2, 0) is 14.6 Å². The Morgan fingerprint density at radius 2 is 1.81 bits per heavy atom. The van der Waals surface area contributed by atoms with Crippen molar-refractivity contribution in [2.75, 3.05) is 0 Å². The second-order valence-electron chi connectivity index (χ2n) is 6.87. The van der Waals surface area contributed by atoms with Crippen molar-refractivity contribution in [1.82, 2.24) is 0 Å². The van der Waals surface area contributed by atoms with Crippen LogP contribution >= 0.6 is 23.2 Å². The van der Waals surface area contributed by atoms with Gasteiger partial charge in [-0.3, -0.25) is 0 Å². The molecule has 0 amide bonds. The van der Waals surface area contributed by atoms with Crippen molar-refractivity contribution >= 4 is 33.0 Å². The molecule has 1 aliphatic heterocycles. The Morgan fingerprint density at radius 1 is 1.08 bits per heavy atom. The summed E-state index contributed by atoms with van der Waals surface area (Å²) in [5, 5.41) is 0.686. The normalized spacial score (nSPS) is 25.1. The second-order valence-corrected chi connectivity index (χ2v) is 9.98. The van der Waals surface area contributed by atoms with Gasteiger partial charge >= 0.3 is 0 Å². The van der Waals surface area contributed by atoms with E-state index >= 15 is 0 Å². The van der Waals surface area contributed by atoms with Gasteiger partial charge in [-0.05, 0) is 55.7 Å². The molecule has 4 rings (SSSR count). The fourth-order valence-electron chi connectivity index (χ4n) is 4.14. The first-order valence-corrected chi connectivity index (χ1v) is 10.7. The molecule has 1 saturated carbocycles. The lowest BCUT2D eigenvalue weighted by atomic mass is 9.86. The van der Waals surface area contributed by atoms with Gasteiger partial charge in [0.05, 0.1) is 15.5 Å². The summed E-state index contributed by atoms with van der Waals surface area (Å²) < 4.78 is 46.8. The lowest BCUT2D eigenvalue weighted by Gasteiger charge is -2.40. The van der Waals surface area contributed by atoms with Crippen molar-refractivity contribution in [1.29, 1.82) is 0 Å². The van der Waals surface area contributed by atoms with Crippen LogP contribution in [-0.4, -0.2) is 14.5 Å². The van der Waals surface area contributed by atoms with Crippen LogP contribution in [0.3, 0.4) is 0 Å². The Labute approximate surface area is 162 Å². The Kier molecular flexibility index (Phi) is 4.45. The lowest BCUT2D eigenvalue weighted by Crippen LogP contribution is -2.44. The molecule has 2 aromatic carbocycles. The summed E-state index contributed by atoms with van der Waals surface area (Å²) >= 11 is 12.2. The zero-order valence-corrected chi connectivity index (χ0v) is 16.2. The molecule has 3 nitrogen and oxygen atoms in total. The van der Waals surface area contributed by atoms with E-state index in [1.54, 1.807) is 0 Å². The van der Waals surface area contributed by atoms with Crippen LogP contribution in [0.5, 0.6) is 5.75 Å². The summed E-state index contributed by atoms with van der Waals surface area (Å²) in [6.45, 7) is 0. The molecule has 2 atom stereocenters. The van der Waals surface area contributed by atoms with Crippen LogP contribution in [0.1, 0.15) is 37.7 Å². The summed E-state index contributed by atoms with van der Waals surface area (Å²) in [6.07, 6.45) is 2.49. The third-order valence-corrected chi connectivity index (χ3v) is 8.40. The van der Waals surface area contributed by atoms with Crippen LogP contribution < -0.4 is 4.74 Å². The van der Waals surface area contributed by atoms with Gasteiger partial charge in [-0.2, -0.15) is 0 Å². The third kappa shape index (κ3) is 2.63. The molecule has 1 aliphatic carbocycles. The number of benzene rings is 2. The van der Waals surface area contributed by atoms with Crippen LogP contribution in [0.25, 0.3) is 0 Å². The Balaban J connectivity index is 2.01. The number of fused-ring (bicyclic) bond motifs is 4. The summed E-state index contributed by atoms with van der Waals surface area (Å²) in [7, 11) is -3.89. The molecular formula is C19H17Cl2FO3S. The molecule has 0 saturated heterocycles. The van der Waals surface area contributed by atoms with Crippen molar-refractivity contribution in [3.8, 4) is 5.75 Å². The highest BCUT2D eigenvalue weighted by molar-refractivity contribution is 7.92. The van der Waals surface area contributed by atoms with E-state index in [9.17, 15) is 12.8 Å². The highest BCUT2D eigenvalue weighted by Crippen LogP contribution is 2.55. The molecule has 138 valence electrons. The average Bonchev–Trinajstić information content (AvgIpc) is 2.78. The maximum absolute atomic E-state index is 14.9. The van der Waals surface area contributed by atoms with Crippen LogP contribution in [0.2, 0.25) is 10.0 Å². The van der Waals surface area contributed by atoms with Crippen LogP contribution in [0, 0.1) is 5.82 Å².